The highest BCUT2D eigenvalue weighted by Gasteiger charge is 2.30. The number of carbonyl (C=O) groups excluding carboxylic acids is 1. The van der Waals surface area contributed by atoms with Crippen molar-refractivity contribution in [2.24, 2.45) is 0 Å². The fourth-order valence-electron chi connectivity index (χ4n) is 2.61. The van der Waals surface area contributed by atoms with E-state index in [0.717, 1.165) is 23.5 Å². The summed E-state index contributed by atoms with van der Waals surface area (Å²) in [6.45, 7) is -0.656. The quantitative estimate of drug-likeness (QED) is 0.241. The number of methoxy groups -OCH3 is 1. The van der Waals surface area contributed by atoms with Crippen LogP contribution in [-0.2, 0) is 22.3 Å². The van der Waals surface area contributed by atoms with Gasteiger partial charge in [0.05, 0.1) is 42.0 Å². The van der Waals surface area contributed by atoms with Gasteiger partial charge in [0.1, 0.15) is 12.4 Å². The fourth-order valence-corrected chi connectivity index (χ4v) is 3.50. The minimum Gasteiger partial charge on any atom is -0.465 e. The van der Waals surface area contributed by atoms with E-state index in [1.807, 2.05) is 0 Å². The Bertz CT molecular complexity index is 1020. The van der Waals surface area contributed by atoms with Crippen molar-refractivity contribution >= 4 is 17.3 Å². The van der Waals surface area contributed by atoms with E-state index in [4.69, 9.17) is 9.47 Å². The van der Waals surface area contributed by atoms with E-state index in [9.17, 15) is 22.4 Å². The fraction of sp³-hybridized carbons (Fsp3) is 0.238. The maximum atomic E-state index is 12.7. The second-order valence-electron chi connectivity index (χ2n) is 6.19. The number of rotatable bonds is 8. The van der Waals surface area contributed by atoms with E-state index in [2.05, 4.69) is 9.72 Å². The van der Waals surface area contributed by atoms with Crippen LogP contribution in [0.15, 0.2) is 48.5 Å². The Morgan fingerprint density at radius 1 is 1.06 bits per heavy atom. The van der Waals surface area contributed by atoms with Crippen LogP contribution < -0.4 is 4.74 Å². The van der Waals surface area contributed by atoms with Crippen molar-refractivity contribution in [2.45, 2.75) is 12.8 Å². The second-order valence-corrected chi connectivity index (χ2v) is 7.23. The third kappa shape index (κ3) is 5.80. The first-order valence-corrected chi connectivity index (χ1v) is 9.80. The number of alkyl halides is 4. The van der Waals surface area contributed by atoms with Gasteiger partial charge in [0.25, 0.3) is 5.19 Å². The molecule has 0 fully saturated rings. The lowest BCUT2D eigenvalue weighted by Gasteiger charge is -2.07. The van der Waals surface area contributed by atoms with E-state index in [0.29, 0.717) is 21.7 Å². The van der Waals surface area contributed by atoms with Gasteiger partial charge in [-0.3, -0.25) is 0 Å². The molecule has 3 aromatic rings. The van der Waals surface area contributed by atoms with Gasteiger partial charge in [0.2, 0.25) is 0 Å². The number of hydrogen-bond donors (Lipinski definition) is 0. The van der Waals surface area contributed by atoms with Crippen molar-refractivity contribution in [1.29, 1.82) is 0 Å². The standard InChI is InChI=1S/C21H17F4NO4S/c1-28-19(27)14-4-2-13(3-5-14)18-17(12-29-11-10-22)31-20(26-18)30-16-8-6-15(7-9-16)21(23,24)25/h2-9H,10-12H2,1H3. The third-order valence-corrected chi connectivity index (χ3v) is 5.01. The summed E-state index contributed by atoms with van der Waals surface area (Å²) in [6.07, 6.45) is -4.44. The highest BCUT2D eigenvalue weighted by Crippen LogP contribution is 2.36. The zero-order chi connectivity index (χ0) is 22.4. The Kier molecular flexibility index (Phi) is 7.24. The molecule has 0 saturated carbocycles. The van der Waals surface area contributed by atoms with Crippen LogP contribution in [0.4, 0.5) is 17.6 Å². The summed E-state index contributed by atoms with van der Waals surface area (Å²) < 4.78 is 66.1. The highest BCUT2D eigenvalue weighted by molar-refractivity contribution is 7.13. The van der Waals surface area contributed by atoms with E-state index < -0.39 is 24.4 Å². The Labute approximate surface area is 179 Å². The molecule has 0 saturated heterocycles. The molecule has 0 unspecified atom stereocenters. The number of aromatic nitrogens is 1. The SMILES string of the molecule is COC(=O)c1ccc(-c2nc(Oc3ccc(C(F)(F)F)cc3)sc2COCCF)cc1. The lowest BCUT2D eigenvalue weighted by molar-refractivity contribution is -0.137. The highest BCUT2D eigenvalue weighted by atomic mass is 32.1. The monoisotopic (exact) mass is 455 g/mol. The van der Waals surface area contributed by atoms with Crippen molar-refractivity contribution in [2.75, 3.05) is 20.4 Å². The molecule has 1 heterocycles. The maximum Gasteiger partial charge on any atom is 0.416 e. The molecule has 31 heavy (non-hydrogen) atoms. The molecule has 164 valence electrons. The first-order chi connectivity index (χ1) is 14.8. The minimum absolute atomic E-state index is 0.0754. The molecule has 1 aromatic heterocycles. The summed E-state index contributed by atoms with van der Waals surface area (Å²) in [7, 11) is 1.28. The molecule has 0 bridgehead atoms. The van der Waals surface area contributed by atoms with Crippen LogP contribution in [-0.4, -0.2) is 31.3 Å². The largest absolute Gasteiger partial charge is 0.465 e. The molecule has 0 aliphatic carbocycles. The maximum absolute atomic E-state index is 12.7. The van der Waals surface area contributed by atoms with Gasteiger partial charge >= 0.3 is 12.1 Å². The number of hydrogen-bond acceptors (Lipinski definition) is 6. The molecule has 0 spiro atoms. The molecule has 0 radical (unpaired) electrons. The van der Waals surface area contributed by atoms with Gasteiger partial charge in [-0.25, -0.2) is 14.2 Å². The summed E-state index contributed by atoms with van der Waals surface area (Å²) in [5.41, 5.74) is 0.732. The average molecular weight is 455 g/mol. The molecular formula is C21H17F4NO4S. The first-order valence-electron chi connectivity index (χ1n) is 8.99. The molecule has 0 amide bonds. The van der Waals surface area contributed by atoms with Crippen LogP contribution in [0.3, 0.4) is 0 Å². The summed E-state index contributed by atoms with van der Waals surface area (Å²) >= 11 is 1.13. The van der Waals surface area contributed by atoms with E-state index in [1.165, 1.54) is 19.2 Å². The predicted octanol–water partition coefficient (Wildman–Crippen LogP) is 5.89. The number of nitrogens with zero attached hydrogens (tertiary/aromatic N) is 1. The zero-order valence-electron chi connectivity index (χ0n) is 16.2. The zero-order valence-corrected chi connectivity index (χ0v) is 17.1. The van der Waals surface area contributed by atoms with Gasteiger partial charge in [-0.05, 0) is 36.4 Å². The molecule has 0 atom stereocenters. The second kappa shape index (κ2) is 9.88. The molecule has 0 aliphatic heterocycles. The number of benzene rings is 2. The molecule has 3 rings (SSSR count). The summed E-state index contributed by atoms with van der Waals surface area (Å²) in [5.74, 6) is -0.298. The van der Waals surface area contributed by atoms with Gasteiger partial charge in [0, 0.05) is 5.56 Å². The Hall–Kier alpha value is -2.98. The topological polar surface area (TPSA) is 57.7 Å². The van der Waals surface area contributed by atoms with Crippen LogP contribution in [0, 0.1) is 0 Å². The average Bonchev–Trinajstić information content (AvgIpc) is 3.15. The van der Waals surface area contributed by atoms with Gasteiger partial charge in [-0.2, -0.15) is 13.2 Å². The van der Waals surface area contributed by atoms with Crippen LogP contribution in [0.2, 0.25) is 0 Å². The van der Waals surface area contributed by atoms with Crippen molar-refractivity contribution in [3.8, 4) is 22.2 Å². The molecule has 2 aromatic carbocycles. The summed E-state index contributed by atoms with van der Waals surface area (Å²) in [6, 6.07) is 10.7. The van der Waals surface area contributed by atoms with Crippen molar-refractivity contribution in [3.05, 3.63) is 64.5 Å². The molecular weight excluding hydrogens is 438 g/mol. The summed E-state index contributed by atoms with van der Waals surface area (Å²) in [5, 5.41) is 0.186. The van der Waals surface area contributed by atoms with Crippen LogP contribution in [0.5, 0.6) is 10.9 Å². The number of halogens is 4. The third-order valence-electron chi connectivity index (χ3n) is 4.10. The Morgan fingerprint density at radius 3 is 2.32 bits per heavy atom. The van der Waals surface area contributed by atoms with Crippen LogP contribution >= 0.6 is 11.3 Å². The Morgan fingerprint density at radius 2 is 1.74 bits per heavy atom. The van der Waals surface area contributed by atoms with Gasteiger partial charge in [-0.1, -0.05) is 23.5 Å². The normalized spacial score (nSPS) is 11.4. The van der Waals surface area contributed by atoms with Crippen LogP contribution in [0.25, 0.3) is 11.3 Å². The number of carbonyl (C=O) groups is 1. The Balaban J connectivity index is 1.86. The van der Waals surface area contributed by atoms with Gasteiger partial charge in [-0.15, -0.1) is 0 Å². The number of ether oxygens (including phenoxy) is 3. The van der Waals surface area contributed by atoms with E-state index >= 15 is 0 Å². The van der Waals surface area contributed by atoms with E-state index in [-0.39, 0.29) is 24.2 Å². The van der Waals surface area contributed by atoms with Gasteiger partial charge < -0.3 is 14.2 Å². The number of esters is 1. The van der Waals surface area contributed by atoms with Crippen molar-refractivity contribution in [3.63, 3.8) is 0 Å². The molecule has 10 heteroatoms. The van der Waals surface area contributed by atoms with E-state index in [1.54, 1.807) is 24.3 Å². The van der Waals surface area contributed by atoms with Crippen molar-refractivity contribution in [1.82, 2.24) is 4.98 Å². The molecule has 5 nitrogen and oxygen atoms in total. The van der Waals surface area contributed by atoms with Crippen molar-refractivity contribution < 1.29 is 36.6 Å². The first kappa shape index (κ1) is 22.7. The number of thiazole rings is 1. The molecule has 0 N–H and O–H groups in total. The summed E-state index contributed by atoms with van der Waals surface area (Å²) in [4.78, 5) is 16.7. The molecule has 0 aliphatic rings. The predicted molar refractivity (Wildman–Crippen MR) is 106 cm³/mol. The smallest absolute Gasteiger partial charge is 0.416 e. The lowest BCUT2D eigenvalue weighted by Crippen LogP contribution is -2.03. The van der Waals surface area contributed by atoms with Crippen LogP contribution in [0.1, 0.15) is 20.8 Å². The lowest BCUT2D eigenvalue weighted by atomic mass is 10.1. The van der Waals surface area contributed by atoms with Gasteiger partial charge in [0.15, 0.2) is 0 Å². The minimum atomic E-state index is -4.44.